The number of nitrogens with one attached hydrogen (secondary N) is 1. The molecule has 1 atom stereocenters. The van der Waals surface area contributed by atoms with Crippen LogP contribution in [-0.4, -0.2) is 20.7 Å². The SMILES string of the molecule is C[C@H](NC(=O)c1nn(-c2ccncc2)c2c1CCCCC2=Cc1ccc(Cl)cc1)c1ccccc1. The van der Waals surface area contributed by atoms with Gasteiger partial charge in [-0.05, 0) is 79.6 Å². The zero-order valence-electron chi connectivity index (χ0n) is 19.6. The van der Waals surface area contributed by atoms with E-state index in [4.69, 9.17) is 16.7 Å². The summed E-state index contributed by atoms with van der Waals surface area (Å²) in [6.07, 6.45) is 9.45. The molecule has 5 nitrogen and oxygen atoms in total. The molecular formula is C29H27ClN4O. The summed E-state index contributed by atoms with van der Waals surface area (Å²) in [6, 6.07) is 21.5. The van der Waals surface area contributed by atoms with Crippen LogP contribution in [0, 0.1) is 0 Å². The molecule has 0 aliphatic heterocycles. The second-order valence-corrected chi connectivity index (χ2v) is 9.26. The molecule has 0 radical (unpaired) electrons. The van der Waals surface area contributed by atoms with E-state index in [0.29, 0.717) is 10.7 Å². The van der Waals surface area contributed by atoms with Gasteiger partial charge in [-0.2, -0.15) is 5.10 Å². The third-order valence-electron chi connectivity index (χ3n) is 6.39. The van der Waals surface area contributed by atoms with Crippen LogP contribution >= 0.6 is 11.6 Å². The first-order valence-corrected chi connectivity index (χ1v) is 12.3. The van der Waals surface area contributed by atoms with Gasteiger partial charge < -0.3 is 5.32 Å². The van der Waals surface area contributed by atoms with Gasteiger partial charge in [-0.15, -0.1) is 0 Å². The summed E-state index contributed by atoms with van der Waals surface area (Å²) >= 11 is 6.11. The van der Waals surface area contributed by atoms with Gasteiger partial charge in [-0.25, -0.2) is 4.68 Å². The Labute approximate surface area is 210 Å². The van der Waals surface area contributed by atoms with Crippen LogP contribution in [-0.2, 0) is 6.42 Å². The normalized spacial score (nSPS) is 15.3. The number of carbonyl (C=O) groups excluding carboxylic acids is 1. The number of carbonyl (C=O) groups is 1. The maximum absolute atomic E-state index is 13.5. The van der Waals surface area contributed by atoms with Crippen molar-refractivity contribution in [1.82, 2.24) is 20.1 Å². The van der Waals surface area contributed by atoms with Crippen LogP contribution in [0.5, 0.6) is 0 Å². The van der Waals surface area contributed by atoms with Gasteiger partial charge in [-0.1, -0.05) is 54.1 Å². The van der Waals surface area contributed by atoms with Gasteiger partial charge in [-0.3, -0.25) is 9.78 Å². The molecule has 1 aliphatic rings. The third-order valence-corrected chi connectivity index (χ3v) is 6.64. The summed E-state index contributed by atoms with van der Waals surface area (Å²) in [5, 5.41) is 8.74. The van der Waals surface area contributed by atoms with E-state index in [0.717, 1.165) is 53.8 Å². The van der Waals surface area contributed by atoms with Gasteiger partial charge in [0.05, 0.1) is 17.4 Å². The van der Waals surface area contributed by atoms with E-state index in [2.05, 4.69) is 16.4 Å². The van der Waals surface area contributed by atoms with Crippen molar-refractivity contribution in [1.29, 1.82) is 0 Å². The van der Waals surface area contributed by atoms with E-state index in [1.165, 1.54) is 5.57 Å². The lowest BCUT2D eigenvalue weighted by molar-refractivity contribution is 0.0933. The lowest BCUT2D eigenvalue weighted by Gasteiger charge is -2.14. The standard InChI is InChI=1S/C29H27ClN4O/c1-20(22-7-3-2-4-8-22)32-29(35)27-26-10-6-5-9-23(19-21-11-13-24(30)14-12-21)28(26)34(33-27)25-15-17-31-18-16-25/h2-4,7-8,11-20H,5-6,9-10H2,1H3,(H,32,35)/t20-/m0/s1. The first-order valence-electron chi connectivity index (χ1n) is 11.9. The molecule has 0 spiro atoms. The molecule has 176 valence electrons. The van der Waals surface area contributed by atoms with Crippen LogP contribution < -0.4 is 5.32 Å². The van der Waals surface area contributed by atoms with E-state index < -0.39 is 0 Å². The Morgan fingerprint density at radius 1 is 1.00 bits per heavy atom. The van der Waals surface area contributed by atoms with Crippen LogP contribution in [0.3, 0.4) is 0 Å². The van der Waals surface area contributed by atoms with Gasteiger partial charge in [0.25, 0.3) is 5.91 Å². The maximum Gasteiger partial charge on any atom is 0.272 e. The Balaban J connectivity index is 1.60. The number of fused-ring (bicyclic) bond motifs is 1. The van der Waals surface area contributed by atoms with Crippen molar-refractivity contribution in [3.8, 4) is 5.69 Å². The highest BCUT2D eigenvalue weighted by Gasteiger charge is 2.28. The highest BCUT2D eigenvalue weighted by atomic mass is 35.5. The number of nitrogens with zero attached hydrogens (tertiary/aromatic N) is 3. The first-order chi connectivity index (χ1) is 17.1. The van der Waals surface area contributed by atoms with E-state index >= 15 is 0 Å². The van der Waals surface area contributed by atoms with Crippen molar-refractivity contribution < 1.29 is 4.79 Å². The fraction of sp³-hybridized carbons (Fsp3) is 0.207. The fourth-order valence-corrected chi connectivity index (χ4v) is 4.72. The molecule has 35 heavy (non-hydrogen) atoms. The van der Waals surface area contributed by atoms with Gasteiger partial charge in [0.1, 0.15) is 0 Å². The second kappa shape index (κ2) is 10.3. The average Bonchev–Trinajstić information content (AvgIpc) is 3.16. The van der Waals surface area contributed by atoms with Crippen molar-refractivity contribution >= 4 is 29.2 Å². The van der Waals surface area contributed by atoms with Gasteiger partial charge in [0, 0.05) is 23.0 Å². The molecule has 2 aromatic heterocycles. The van der Waals surface area contributed by atoms with E-state index in [1.54, 1.807) is 12.4 Å². The zero-order chi connectivity index (χ0) is 24.2. The van der Waals surface area contributed by atoms with Gasteiger partial charge >= 0.3 is 0 Å². The van der Waals surface area contributed by atoms with Crippen molar-refractivity contribution in [3.63, 3.8) is 0 Å². The Morgan fingerprint density at radius 2 is 1.71 bits per heavy atom. The van der Waals surface area contributed by atoms with E-state index in [9.17, 15) is 4.79 Å². The molecule has 2 aromatic carbocycles. The molecule has 1 amide bonds. The predicted molar refractivity (Wildman–Crippen MR) is 141 cm³/mol. The summed E-state index contributed by atoms with van der Waals surface area (Å²) in [5.41, 5.74) is 6.67. The molecule has 1 N–H and O–H groups in total. The minimum atomic E-state index is -0.154. The average molecular weight is 483 g/mol. The quantitative estimate of drug-likeness (QED) is 0.323. The summed E-state index contributed by atoms with van der Waals surface area (Å²) in [7, 11) is 0. The summed E-state index contributed by atoms with van der Waals surface area (Å²) in [6.45, 7) is 2.00. The van der Waals surface area contributed by atoms with Crippen molar-refractivity contribution in [3.05, 3.63) is 112 Å². The number of rotatable bonds is 5. The number of benzene rings is 2. The van der Waals surface area contributed by atoms with Crippen LogP contribution in [0.15, 0.2) is 79.1 Å². The van der Waals surface area contributed by atoms with Crippen LogP contribution in [0.1, 0.15) is 65.1 Å². The minimum absolute atomic E-state index is 0.125. The molecule has 1 aliphatic carbocycles. The first kappa shape index (κ1) is 23.1. The minimum Gasteiger partial charge on any atom is -0.344 e. The summed E-state index contributed by atoms with van der Waals surface area (Å²) in [4.78, 5) is 17.7. The lowest BCUT2D eigenvalue weighted by Crippen LogP contribution is -2.28. The maximum atomic E-state index is 13.5. The molecule has 0 unspecified atom stereocenters. The predicted octanol–water partition coefficient (Wildman–Crippen LogP) is 6.68. The monoisotopic (exact) mass is 482 g/mol. The Morgan fingerprint density at radius 3 is 2.46 bits per heavy atom. The second-order valence-electron chi connectivity index (χ2n) is 8.83. The Kier molecular flexibility index (Phi) is 6.77. The van der Waals surface area contributed by atoms with Gasteiger partial charge in [0.2, 0.25) is 0 Å². The third kappa shape index (κ3) is 5.05. The fourth-order valence-electron chi connectivity index (χ4n) is 4.60. The van der Waals surface area contributed by atoms with Crippen molar-refractivity contribution in [2.24, 2.45) is 0 Å². The Hall–Kier alpha value is -3.70. The van der Waals surface area contributed by atoms with Crippen molar-refractivity contribution in [2.45, 2.75) is 38.6 Å². The highest BCUT2D eigenvalue weighted by molar-refractivity contribution is 6.30. The number of allylic oxidation sites excluding steroid dienone is 1. The number of amides is 1. The molecule has 4 aromatic rings. The highest BCUT2D eigenvalue weighted by Crippen LogP contribution is 2.35. The van der Waals surface area contributed by atoms with E-state index in [-0.39, 0.29) is 11.9 Å². The number of pyridine rings is 1. The molecule has 2 heterocycles. The molecule has 0 saturated carbocycles. The molecule has 5 rings (SSSR count). The smallest absolute Gasteiger partial charge is 0.272 e. The van der Waals surface area contributed by atoms with Crippen molar-refractivity contribution in [2.75, 3.05) is 0 Å². The topological polar surface area (TPSA) is 59.8 Å². The number of halogens is 1. The van der Waals surface area contributed by atoms with Crippen LogP contribution in [0.4, 0.5) is 0 Å². The lowest BCUT2D eigenvalue weighted by atomic mass is 10.0. The number of aromatic nitrogens is 3. The molecule has 0 bridgehead atoms. The number of hydrogen-bond acceptors (Lipinski definition) is 3. The van der Waals surface area contributed by atoms with Gasteiger partial charge in [0.15, 0.2) is 5.69 Å². The van der Waals surface area contributed by atoms with Crippen LogP contribution in [0.25, 0.3) is 17.3 Å². The molecule has 6 heteroatoms. The summed E-state index contributed by atoms with van der Waals surface area (Å²) in [5.74, 6) is -0.154. The largest absolute Gasteiger partial charge is 0.344 e. The molecular weight excluding hydrogens is 456 g/mol. The molecule has 0 fully saturated rings. The number of hydrogen-bond donors (Lipinski definition) is 1. The summed E-state index contributed by atoms with van der Waals surface area (Å²) < 4.78 is 1.91. The van der Waals surface area contributed by atoms with Crippen LogP contribution in [0.2, 0.25) is 5.02 Å². The zero-order valence-corrected chi connectivity index (χ0v) is 20.4. The van der Waals surface area contributed by atoms with E-state index in [1.807, 2.05) is 78.3 Å². The molecule has 0 saturated heterocycles. The Bertz CT molecular complexity index is 1340.